The summed E-state index contributed by atoms with van der Waals surface area (Å²) in [5, 5.41) is 8.51. The molecule has 0 saturated carbocycles. The fraction of sp³-hybridized carbons (Fsp3) is 0.833. The first-order valence-corrected chi connectivity index (χ1v) is 8.13. The Balaban J connectivity index is 4.99. The van der Waals surface area contributed by atoms with Crippen LogP contribution in [0.2, 0.25) is 0 Å². The van der Waals surface area contributed by atoms with Crippen LogP contribution >= 0.6 is 7.82 Å². The molecule has 0 aromatic heterocycles. The van der Waals surface area contributed by atoms with Gasteiger partial charge in [-0.2, -0.15) is 0 Å². The van der Waals surface area contributed by atoms with Crippen LogP contribution in [0.4, 0.5) is 4.79 Å². The van der Waals surface area contributed by atoms with Gasteiger partial charge in [-0.1, -0.05) is 13.8 Å². The van der Waals surface area contributed by atoms with E-state index in [9.17, 15) is 14.2 Å². The lowest BCUT2D eigenvalue weighted by Crippen LogP contribution is -2.24. The molecule has 0 saturated heterocycles. The number of esters is 1. The summed E-state index contributed by atoms with van der Waals surface area (Å²) < 4.78 is 36.8. The summed E-state index contributed by atoms with van der Waals surface area (Å²) >= 11 is 0. The van der Waals surface area contributed by atoms with Crippen molar-refractivity contribution in [3.63, 3.8) is 0 Å². The van der Waals surface area contributed by atoms with Crippen LogP contribution in [-0.4, -0.2) is 35.9 Å². The number of carbonyl (C=O) groups excluding carboxylic acids is 1. The van der Waals surface area contributed by atoms with Gasteiger partial charge in [-0.3, -0.25) is 9.32 Å². The summed E-state index contributed by atoms with van der Waals surface area (Å²) in [5.41, 5.74) is 0. The van der Waals surface area contributed by atoms with E-state index in [1.54, 1.807) is 6.92 Å². The zero-order chi connectivity index (χ0) is 17.5. The van der Waals surface area contributed by atoms with Crippen LogP contribution in [0.15, 0.2) is 0 Å². The molecule has 0 aromatic carbocycles. The van der Waals surface area contributed by atoms with E-state index in [2.05, 4.69) is 4.74 Å². The van der Waals surface area contributed by atoms with Crippen LogP contribution in [0.1, 0.15) is 41.5 Å². The Hall–Kier alpha value is -1.15. The second kappa shape index (κ2) is 9.09. The van der Waals surface area contributed by atoms with Crippen molar-refractivity contribution >= 4 is 19.9 Å². The Bertz CT molecular complexity index is 395. The minimum atomic E-state index is -4.22. The van der Waals surface area contributed by atoms with Crippen LogP contribution in [0.5, 0.6) is 0 Å². The Labute approximate surface area is 129 Å². The highest BCUT2D eigenvalue weighted by Gasteiger charge is 2.36. The number of ether oxygens (including phenoxy) is 2. The van der Waals surface area contributed by atoms with E-state index in [0.717, 1.165) is 6.92 Å². The third-order valence-corrected chi connectivity index (χ3v) is 4.09. The van der Waals surface area contributed by atoms with Crippen molar-refractivity contribution in [1.29, 1.82) is 0 Å². The Kier molecular flexibility index (Phi) is 8.62. The Morgan fingerprint density at radius 1 is 0.909 bits per heavy atom. The van der Waals surface area contributed by atoms with Crippen LogP contribution in [-0.2, 0) is 32.4 Å². The van der Waals surface area contributed by atoms with Gasteiger partial charge in [-0.25, -0.2) is 18.4 Å². The third-order valence-electron chi connectivity index (χ3n) is 2.39. The molecule has 22 heavy (non-hydrogen) atoms. The molecule has 10 heteroatoms. The number of carboxylic acid groups (broad SMARTS) is 1. The van der Waals surface area contributed by atoms with Crippen LogP contribution < -0.4 is 0 Å². The van der Waals surface area contributed by atoms with Gasteiger partial charge in [0.05, 0.1) is 6.10 Å². The minimum Gasteiger partial charge on any atom is -0.450 e. The quantitative estimate of drug-likeness (QED) is 0.383. The van der Waals surface area contributed by atoms with Gasteiger partial charge < -0.3 is 14.6 Å². The lowest BCUT2D eigenvalue weighted by molar-refractivity contribution is -0.163. The zero-order valence-corrected chi connectivity index (χ0v) is 14.4. The maximum absolute atomic E-state index is 12.6. The summed E-state index contributed by atoms with van der Waals surface area (Å²) in [7, 11) is -4.22. The molecular weight excluding hydrogens is 319 g/mol. The molecule has 4 atom stereocenters. The number of hydrogen-bond acceptors (Lipinski definition) is 8. The molecule has 0 spiro atoms. The molecule has 0 heterocycles. The fourth-order valence-electron chi connectivity index (χ4n) is 1.18. The fourth-order valence-corrected chi connectivity index (χ4v) is 2.80. The predicted molar refractivity (Wildman–Crippen MR) is 75.0 cm³/mol. The Morgan fingerprint density at radius 2 is 1.36 bits per heavy atom. The molecule has 130 valence electrons. The number of carbonyl (C=O) groups is 2. The molecule has 4 unspecified atom stereocenters. The van der Waals surface area contributed by atoms with Gasteiger partial charge in [-0.05, 0) is 26.7 Å². The SMILES string of the molecule is CC(=O)OC(C)OP(=O)(OC(C)OC(=O)O)OC(C)C(C)C. The first kappa shape index (κ1) is 20.9. The van der Waals surface area contributed by atoms with Crippen molar-refractivity contribution in [1.82, 2.24) is 0 Å². The highest BCUT2D eigenvalue weighted by molar-refractivity contribution is 7.48. The molecule has 0 bridgehead atoms. The topological polar surface area (TPSA) is 118 Å². The van der Waals surface area contributed by atoms with E-state index in [1.165, 1.54) is 13.8 Å². The van der Waals surface area contributed by atoms with Gasteiger partial charge in [0.1, 0.15) is 0 Å². The number of phosphoric ester groups is 1. The minimum absolute atomic E-state index is 0.0137. The van der Waals surface area contributed by atoms with Gasteiger partial charge >= 0.3 is 19.9 Å². The Morgan fingerprint density at radius 3 is 1.73 bits per heavy atom. The average Bonchev–Trinajstić information content (AvgIpc) is 2.24. The van der Waals surface area contributed by atoms with E-state index < -0.39 is 38.6 Å². The summed E-state index contributed by atoms with van der Waals surface area (Å²) in [6, 6.07) is 0. The second-order valence-corrected chi connectivity index (χ2v) is 6.37. The molecule has 0 aromatic rings. The second-order valence-electron chi connectivity index (χ2n) is 4.84. The van der Waals surface area contributed by atoms with E-state index in [0.29, 0.717) is 0 Å². The average molecular weight is 342 g/mol. The molecule has 0 radical (unpaired) electrons. The largest absolute Gasteiger partial charge is 0.508 e. The van der Waals surface area contributed by atoms with Crippen LogP contribution in [0, 0.1) is 5.92 Å². The molecule has 1 N–H and O–H groups in total. The lowest BCUT2D eigenvalue weighted by atomic mass is 10.1. The van der Waals surface area contributed by atoms with Crippen molar-refractivity contribution in [3.8, 4) is 0 Å². The molecule has 9 nitrogen and oxygen atoms in total. The van der Waals surface area contributed by atoms with Crippen molar-refractivity contribution in [2.75, 3.05) is 0 Å². The smallest absolute Gasteiger partial charge is 0.450 e. The van der Waals surface area contributed by atoms with Crippen molar-refractivity contribution in [2.45, 2.75) is 60.2 Å². The van der Waals surface area contributed by atoms with E-state index >= 15 is 0 Å². The van der Waals surface area contributed by atoms with Gasteiger partial charge in [0.25, 0.3) is 0 Å². The molecule has 0 aliphatic carbocycles. The van der Waals surface area contributed by atoms with Crippen LogP contribution in [0.25, 0.3) is 0 Å². The van der Waals surface area contributed by atoms with Gasteiger partial charge in [0, 0.05) is 6.92 Å². The number of phosphoric acid groups is 1. The van der Waals surface area contributed by atoms with Crippen molar-refractivity contribution in [2.24, 2.45) is 5.92 Å². The summed E-state index contributed by atoms with van der Waals surface area (Å²) in [4.78, 5) is 21.3. The molecule has 0 aliphatic rings. The first-order valence-electron chi connectivity index (χ1n) is 6.67. The van der Waals surface area contributed by atoms with E-state index in [1.807, 2.05) is 13.8 Å². The molecule has 0 amide bonds. The highest BCUT2D eigenvalue weighted by Crippen LogP contribution is 2.53. The van der Waals surface area contributed by atoms with Gasteiger partial charge in [0.15, 0.2) is 0 Å². The summed E-state index contributed by atoms with van der Waals surface area (Å²) in [6.07, 6.45) is -4.73. The molecule has 0 fully saturated rings. The van der Waals surface area contributed by atoms with Crippen LogP contribution in [0.3, 0.4) is 0 Å². The highest BCUT2D eigenvalue weighted by atomic mass is 31.2. The summed E-state index contributed by atoms with van der Waals surface area (Å²) in [5.74, 6) is -0.661. The zero-order valence-electron chi connectivity index (χ0n) is 13.5. The lowest BCUT2D eigenvalue weighted by Gasteiger charge is -2.27. The predicted octanol–water partition coefficient (Wildman–Crippen LogP) is 3.14. The third kappa shape index (κ3) is 8.99. The number of hydrogen-bond donors (Lipinski definition) is 1. The monoisotopic (exact) mass is 342 g/mol. The van der Waals surface area contributed by atoms with E-state index in [4.69, 9.17) is 23.4 Å². The first-order chi connectivity index (χ1) is 9.95. The van der Waals surface area contributed by atoms with E-state index in [-0.39, 0.29) is 5.92 Å². The maximum Gasteiger partial charge on any atom is 0.508 e. The normalized spacial score (nSPS) is 18.1. The van der Waals surface area contributed by atoms with Gasteiger partial charge in [-0.15, -0.1) is 0 Å². The number of rotatable bonds is 9. The summed E-state index contributed by atoms with van der Waals surface area (Å²) in [6.45, 7) is 8.97. The molecular formula is C12H23O9P. The van der Waals surface area contributed by atoms with Crippen molar-refractivity contribution in [3.05, 3.63) is 0 Å². The maximum atomic E-state index is 12.6. The van der Waals surface area contributed by atoms with Crippen molar-refractivity contribution < 1.29 is 42.3 Å². The molecule has 0 rings (SSSR count). The van der Waals surface area contributed by atoms with Gasteiger partial charge in [0.2, 0.25) is 12.6 Å². The standard InChI is InChI=1S/C12H23O9P/c1-7(2)8(3)19-22(16,20-10(5)17-9(4)13)21-11(6)18-12(14)15/h7-8,10-11H,1-6H3,(H,14,15). The molecule has 0 aliphatic heterocycles.